The minimum absolute atomic E-state index is 0.127. The molecule has 1 fully saturated rings. The van der Waals surface area contributed by atoms with Crippen molar-refractivity contribution in [3.05, 3.63) is 102 Å². The lowest BCUT2D eigenvalue weighted by atomic mass is 9.74. The van der Waals surface area contributed by atoms with Gasteiger partial charge < -0.3 is 9.80 Å². The predicted octanol–water partition coefficient (Wildman–Crippen LogP) is 6.56. The highest BCUT2D eigenvalue weighted by Gasteiger charge is 2.41. The molecule has 0 aromatic heterocycles. The first-order valence-corrected chi connectivity index (χ1v) is 14.3. The number of likely N-dealkylation sites (tertiary alicyclic amines) is 1. The van der Waals surface area contributed by atoms with Crippen molar-refractivity contribution in [2.24, 2.45) is 0 Å². The quantitative estimate of drug-likeness (QED) is 0.351. The normalized spacial score (nSPS) is 18.5. The molecule has 2 aliphatic rings. The van der Waals surface area contributed by atoms with E-state index in [1.165, 1.54) is 29.1 Å². The number of nitrogens with zero attached hydrogens (tertiary/aromatic N) is 2. The number of likely N-dealkylation sites (N-methyl/N-ethyl adjacent to an activating group) is 1. The molecule has 0 unspecified atom stereocenters. The molecule has 0 N–H and O–H groups in total. The molecule has 36 heavy (non-hydrogen) atoms. The van der Waals surface area contributed by atoms with Crippen LogP contribution in [0.1, 0.15) is 54.7 Å². The van der Waals surface area contributed by atoms with Crippen LogP contribution < -0.4 is 0 Å². The molecule has 2 aliphatic heterocycles. The first-order chi connectivity index (χ1) is 17.6. The van der Waals surface area contributed by atoms with Crippen LogP contribution >= 0.6 is 11.8 Å². The molecule has 3 aromatic carbocycles. The molecule has 5 rings (SSSR count). The van der Waals surface area contributed by atoms with Crippen molar-refractivity contribution in [1.29, 1.82) is 0 Å². The third kappa shape index (κ3) is 5.40. The fraction of sp³-hybridized carbons (Fsp3) is 0.406. The topological polar surface area (TPSA) is 23.6 Å². The maximum absolute atomic E-state index is 13.3. The van der Waals surface area contributed by atoms with Gasteiger partial charge in [-0.2, -0.15) is 0 Å². The zero-order chi connectivity index (χ0) is 25.0. The zero-order valence-electron chi connectivity index (χ0n) is 21.6. The lowest BCUT2D eigenvalue weighted by molar-refractivity contribution is -0.131. The number of carbonyl (C=O) groups is 1. The highest BCUT2D eigenvalue weighted by molar-refractivity contribution is 7.99. The van der Waals surface area contributed by atoms with Crippen LogP contribution in [0.25, 0.3) is 0 Å². The number of benzene rings is 3. The van der Waals surface area contributed by atoms with Gasteiger partial charge in [0.1, 0.15) is 0 Å². The van der Waals surface area contributed by atoms with Crippen LogP contribution in [0.5, 0.6) is 0 Å². The minimum atomic E-state index is -0.127. The van der Waals surface area contributed by atoms with Gasteiger partial charge in [0, 0.05) is 35.6 Å². The van der Waals surface area contributed by atoms with E-state index in [1.54, 1.807) is 5.56 Å². The van der Waals surface area contributed by atoms with Crippen LogP contribution in [-0.2, 0) is 10.2 Å². The average Bonchev–Trinajstić information content (AvgIpc) is 3.30. The fourth-order valence-electron chi connectivity index (χ4n) is 6.01. The summed E-state index contributed by atoms with van der Waals surface area (Å²) in [6.07, 6.45) is 3.57. The predicted molar refractivity (Wildman–Crippen MR) is 151 cm³/mol. The molecule has 3 aromatic rings. The molecule has 4 heteroatoms. The first kappa shape index (κ1) is 25.1. The van der Waals surface area contributed by atoms with Gasteiger partial charge in [-0.3, -0.25) is 4.79 Å². The Morgan fingerprint density at radius 3 is 2.22 bits per heavy atom. The number of carbonyl (C=O) groups excluding carboxylic acids is 1. The van der Waals surface area contributed by atoms with E-state index in [4.69, 9.17) is 0 Å². The summed E-state index contributed by atoms with van der Waals surface area (Å²) < 4.78 is 0. The van der Waals surface area contributed by atoms with Gasteiger partial charge in [0.2, 0.25) is 5.91 Å². The summed E-state index contributed by atoms with van der Waals surface area (Å²) in [5.41, 5.74) is 4.37. The van der Waals surface area contributed by atoms with E-state index in [9.17, 15) is 4.79 Å². The summed E-state index contributed by atoms with van der Waals surface area (Å²) in [5, 5.41) is 0. The fourth-order valence-corrected chi connectivity index (χ4v) is 7.50. The number of rotatable bonds is 8. The molecule has 0 bridgehead atoms. The second-order valence-electron chi connectivity index (χ2n) is 10.7. The molecular weight excluding hydrogens is 460 g/mol. The Hall–Kier alpha value is -2.56. The standard InChI is InChI=1S/C32H38N2OS/c1-25(26-11-5-3-6-12-26)31(35)33(2)23-28(27-13-7-4-8-14-27)17-20-34-21-18-32(19-22-34)24-36-30-16-10-9-15-29(30)32/h3-16,25,28H,17-24H2,1-2H3/t25-,28-/m0/s1. The Balaban J connectivity index is 1.21. The van der Waals surface area contributed by atoms with Gasteiger partial charge in [-0.1, -0.05) is 78.9 Å². The maximum atomic E-state index is 13.3. The average molecular weight is 499 g/mol. The third-order valence-electron chi connectivity index (χ3n) is 8.38. The lowest BCUT2D eigenvalue weighted by Crippen LogP contribution is -2.43. The smallest absolute Gasteiger partial charge is 0.229 e. The Morgan fingerprint density at radius 1 is 0.917 bits per heavy atom. The van der Waals surface area contributed by atoms with Crippen LogP contribution in [0.3, 0.4) is 0 Å². The SMILES string of the molecule is C[C@H](C(=O)N(C)C[C@H](CCN1CCC2(CC1)CSc1ccccc12)c1ccccc1)c1ccccc1. The minimum Gasteiger partial charge on any atom is -0.345 e. The molecule has 1 spiro atoms. The van der Waals surface area contributed by atoms with Crippen molar-refractivity contribution >= 4 is 17.7 Å². The summed E-state index contributed by atoms with van der Waals surface area (Å²) in [6.45, 7) is 6.18. The Bertz CT molecular complexity index is 1140. The van der Waals surface area contributed by atoms with Crippen LogP contribution in [0, 0.1) is 0 Å². The maximum Gasteiger partial charge on any atom is 0.229 e. The Labute approximate surface area is 220 Å². The molecule has 2 atom stereocenters. The summed E-state index contributed by atoms with van der Waals surface area (Å²) in [4.78, 5) is 19.4. The van der Waals surface area contributed by atoms with Crippen molar-refractivity contribution in [2.45, 2.75) is 48.3 Å². The summed E-state index contributed by atoms with van der Waals surface area (Å²) in [7, 11) is 1.97. The van der Waals surface area contributed by atoms with E-state index in [-0.39, 0.29) is 11.8 Å². The van der Waals surface area contributed by atoms with Crippen molar-refractivity contribution in [3.8, 4) is 0 Å². The second kappa shape index (κ2) is 11.2. The van der Waals surface area contributed by atoms with Gasteiger partial charge in [0.25, 0.3) is 0 Å². The Morgan fingerprint density at radius 2 is 1.53 bits per heavy atom. The van der Waals surface area contributed by atoms with E-state index in [0.29, 0.717) is 11.3 Å². The largest absolute Gasteiger partial charge is 0.345 e. The van der Waals surface area contributed by atoms with Gasteiger partial charge in [0.05, 0.1) is 5.92 Å². The van der Waals surface area contributed by atoms with E-state index in [0.717, 1.165) is 38.2 Å². The number of hydrogen-bond donors (Lipinski definition) is 0. The van der Waals surface area contributed by atoms with Gasteiger partial charge in [0.15, 0.2) is 0 Å². The summed E-state index contributed by atoms with van der Waals surface area (Å²) in [5.74, 6) is 1.64. The monoisotopic (exact) mass is 498 g/mol. The van der Waals surface area contributed by atoms with Crippen LogP contribution in [0.4, 0.5) is 0 Å². The summed E-state index contributed by atoms with van der Waals surface area (Å²) in [6, 6.07) is 29.9. The van der Waals surface area contributed by atoms with Crippen LogP contribution in [0.15, 0.2) is 89.8 Å². The molecular formula is C32H38N2OS. The van der Waals surface area contributed by atoms with Crippen LogP contribution in [0.2, 0.25) is 0 Å². The zero-order valence-corrected chi connectivity index (χ0v) is 22.4. The lowest BCUT2D eigenvalue weighted by Gasteiger charge is -2.40. The Kier molecular flexibility index (Phi) is 7.83. The summed E-state index contributed by atoms with van der Waals surface area (Å²) >= 11 is 2.04. The molecule has 0 saturated carbocycles. The highest BCUT2D eigenvalue weighted by Crippen LogP contribution is 2.49. The van der Waals surface area contributed by atoms with Crippen molar-refractivity contribution < 1.29 is 4.79 Å². The molecule has 3 nitrogen and oxygen atoms in total. The number of amides is 1. The van der Waals surface area contributed by atoms with E-state index >= 15 is 0 Å². The van der Waals surface area contributed by atoms with E-state index < -0.39 is 0 Å². The van der Waals surface area contributed by atoms with Gasteiger partial charge in [-0.15, -0.1) is 11.8 Å². The number of fused-ring (bicyclic) bond motifs is 2. The van der Waals surface area contributed by atoms with Crippen molar-refractivity contribution in [3.63, 3.8) is 0 Å². The second-order valence-corrected chi connectivity index (χ2v) is 11.7. The number of piperidine rings is 1. The molecule has 0 aliphatic carbocycles. The van der Waals surface area contributed by atoms with Crippen LogP contribution in [-0.4, -0.2) is 54.7 Å². The highest BCUT2D eigenvalue weighted by atomic mass is 32.2. The van der Waals surface area contributed by atoms with Gasteiger partial charge >= 0.3 is 0 Å². The van der Waals surface area contributed by atoms with Crippen molar-refractivity contribution in [1.82, 2.24) is 9.80 Å². The molecule has 2 heterocycles. The first-order valence-electron chi connectivity index (χ1n) is 13.4. The molecule has 1 amide bonds. The van der Waals surface area contributed by atoms with Crippen molar-refractivity contribution in [2.75, 3.05) is 39.0 Å². The van der Waals surface area contributed by atoms with Gasteiger partial charge in [-0.25, -0.2) is 0 Å². The number of thioether (sulfide) groups is 1. The van der Waals surface area contributed by atoms with E-state index in [2.05, 4.69) is 71.6 Å². The molecule has 0 radical (unpaired) electrons. The third-order valence-corrected chi connectivity index (χ3v) is 9.74. The number of hydrogen-bond acceptors (Lipinski definition) is 3. The molecule has 1 saturated heterocycles. The van der Waals surface area contributed by atoms with E-state index in [1.807, 2.05) is 48.8 Å². The van der Waals surface area contributed by atoms with Gasteiger partial charge in [-0.05, 0) is 68.6 Å². The molecule has 188 valence electrons.